The van der Waals surface area contributed by atoms with Gasteiger partial charge in [0.1, 0.15) is 30.2 Å². The third-order valence-electron chi connectivity index (χ3n) is 4.08. The minimum Gasteiger partial charge on any atom is -0.394 e. The van der Waals surface area contributed by atoms with Crippen LogP contribution in [-0.2, 0) is 9.53 Å². The fraction of sp³-hybridized carbons (Fsp3) is 0.571. The molecule has 2 aromatic rings. The number of ether oxygens (including phenoxy) is 1. The molecule has 2 aliphatic rings. The van der Waals surface area contributed by atoms with Crippen LogP contribution in [0, 0.1) is 0 Å². The summed E-state index contributed by atoms with van der Waals surface area (Å²) in [5.41, 5.74) is 6.44. The highest BCUT2D eigenvalue weighted by molar-refractivity contribution is 5.81. The summed E-state index contributed by atoms with van der Waals surface area (Å²) >= 11 is 0. The zero-order chi connectivity index (χ0) is 18.0. The lowest BCUT2D eigenvalue weighted by Crippen LogP contribution is -2.33. The molecule has 1 amide bonds. The van der Waals surface area contributed by atoms with Gasteiger partial charge in [-0.05, 0) is 6.42 Å². The molecule has 0 unspecified atom stereocenters. The van der Waals surface area contributed by atoms with Crippen molar-refractivity contribution in [3.63, 3.8) is 0 Å². The maximum Gasteiger partial charge on any atom is 0.220 e. The standard InChI is InChI=1S/C10H13N5O4.C4H7NO/c11-8-5-9(13-2-12-8)15(3-14-5)10-7(18)6(17)4(1-16)19-10;6-4-2-1-3-5-4/h2-4,6-7,10,16-18H,1H2,(H2,11,12,13);1-3H2,(H,5,6)/t4-,6-,7-,10-;/m1./s1. The van der Waals surface area contributed by atoms with Crippen molar-refractivity contribution in [2.24, 2.45) is 0 Å². The first kappa shape index (κ1) is 17.5. The molecule has 0 spiro atoms. The number of aromatic nitrogens is 4. The molecule has 4 atom stereocenters. The molecule has 2 saturated heterocycles. The molecule has 6 N–H and O–H groups in total. The number of carbonyl (C=O) groups is 1. The molecule has 2 aliphatic heterocycles. The first-order chi connectivity index (χ1) is 12.0. The number of imidazole rings is 1. The van der Waals surface area contributed by atoms with Crippen molar-refractivity contribution < 1.29 is 24.9 Å². The Morgan fingerprint density at radius 1 is 1.32 bits per heavy atom. The van der Waals surface area contributed by atoms with Crippen molar-refractivity contribution in [1.29, 1.82) is 0 Å². The van der Waals surface area contributed by atoms with Gasteiger partial charge < -0.3 is 31.1 Å². The SMILES string of the molecule is Nc1ncnc2c1ncn2[C@@H]1O[C@H](CO)[C@@H](O)[C@H]1O.O=C1CCCN1. The number of nitrogens with one attached hydrogen (secondary N) is 1. The van der Waals surface area contributed by atoms with Gasteiger partial charge >= 0.3 is 0 Å². The Balaban J connectivity index is 0.000000258. The summed E-state index contributed by atoms with van der Waals surface area (Å²) in [5, 5.41) is 31.4. The molecule has 0 aliphatic carbocycles. The molecule has 4 heterocycles. The molecule has 136 valence electrons. The van der Waals surface area contributed by atoms with Gasteiger partial charge in [-0.15, -0.1) is 0 Å². The van der Waals surface area contributed by atoms with Gasteiger partial charge in [-0.2, -0.15) is 0 Å². The number of anilines is 1. The number of nitrogens with two attached hydrogens (primary N) is 1. The lowest BCUT2D eigenvalue weighted by atomic mass is 10.1. The predicted molar refractivity (Wildman–Crippen MR) is 85.0 cm³/mol. The third kappa shape index (κ3) is 3.39. The number of fused-ring (bicyclic) bond motifs is 1. The summed E-state index contributed by atoms with van der Waals surface area (Å²) in [4.78, 5) is 22.0. The smallest absolute Gasteiger partial charge is 0.220 e. The van der Waals surface area contributed by atoms with Crippen LogP contribution in [0.3, 0.4) is 0 Å². The van der Waals surface area contributed by atoms with Crippen LogP contribution in [0.25, 0.3) is 11.2 Å². The fourth-order valence-electron chi connectivity index (χ4n) is 2.73. The molecule has 0 bridgehead atoms. The van der Waals surface area contributed by atoms with Crippen LogP contribution in [-0.4, -0.2) is 72.2 Å². The van der Waals surface area contributed by atoms with E-state index < -0.39 is 31.1 Å². The second-order valence-electron chi connectivity index (χ2n) is 5.77. The Labute approximate surface area is 142 Å². The highest BCUT2D eigenvalue weighted by Crippen LogP contribution is 2.31. The highest BCUT2D eigenvalue weighted by Gasteiger charge is 2.43. The van der Waals surface area contributed by atoms with E-state index in [1.54, 1.807) is 0 Å². The zero-order valence-electron chi connectivity index (χ0n) is 13.3. The maximum absolute atomic E-state index is 10.1. The number of aliphatic hydroxyl groups is 3. The molecule has 11 nitrogen and oxygen atoms in total. The van der Waals surface area contributed by atoms with E-state index in [-0.39, 0.29) is 11.7 Å². The van der Waals surface area contributed by atoms with E-state index in [9.17, 15) is 15.0 Å². The van der Waals surface area contributed by atoms with E-state index in [0.717, 1.165) is 19.4 Å². The zero-order valence-corrected chi connectivity index (χ0v) is 13.3. The van der Waals surface area contributed by atoms with Crippen LogP contribution in [0.4, 0.5) is 5.82 Å². The van der Waals surface area contributed by atoms with E-state index in [2.05, 4.69) is 20.3 Å². The Morgan fingerprint density at radius 2 is 2.12 bits per heavy atom. The van der Waals surface area contributed by atoms with Crippen LogP contribution in [0.1, 0.15) is 19.1 Å². The molecule has 4 rings (SSSR count). The summed E-state index contributed by atoms with van der Waals surface area (Å²) in [6.45, 7) is 0.497. The molecule has 25 heavy (non-hydrogen) atoms. The maximum atomic E-state index is 10.1. The monoisotopic (exact) mass is 352 g/mol. The number of nitrogen functional groups attached to an aromatic ring is 1. The number of nitrogens with zero attached hydrogens (tertiary/aromatic N) is 4. The minimum atomic E-state index is -1.19. The Hall–Kier alpha value is -2.34. The average molecular weight is 352 g/mol. The van der Waals surface area contributed by atoms with E-state index in [1.165, 1.54) is 17.2 Å². The number of rotatable bonds is 2. The van der Waals surface area contributed by atoms with Crippen molar-refractivity contribution >= 4 is 22.9 Å². The van der Waals surface area contributed by atoms with Gasteiger partial charge in [0.2, 0.25) is 5.91 Å². The molecule has 11 heteroatoms. The van der Waals surface area contributed by atoms with E-state index >= 15 is 0 Å². The first-order valence-corrected chi connectivity index (χ1v) is 7.85. The summed E-state index contributed by atoms with van der Waals surface area (Å²) in [6.07, 6.45) is 0.340. The lowest BCUT2D eigenvalue weighted by Gasteiger charge is -2.16. The van der Waals surface area contributed by atoms with Crippen molar-refractivity contribution in [3.8, 4) is 0 Å². The third-order valence-corrected chi connectivity index (χ3v) is 4.08. The summed E-state index contributed by atoms with van der Waals surface area (Å²) in [7, 11) is 0. The van der Waals surface area contributed by atoms with E-state index in [0.29, 0.717) is 11.2 Å². The van der Waals surface area contributed by atoms with Crippen molar-refractivity contribution in [2.75, 3.05) is 18.9 Å². The molecule has 0 saturated carbocycles. The topological polar surface area (TPSA) is 169 Å². The van der Waals surface area contributed by atoms with Crippen LogP contribution >= 0.6 is 0 Å². The van der Waals surface area contributed by atoms with Crippen LogP contribution < -0.4 is 11.1 Å². The Bertz CT molecular complexity index is 744. The van der Waals surface area contributed by atoms with Gasteiger partial charge in [-0.1, -0.05) is 0 Å². The van der Waals surface area contributed by atoms with Crippen molar-refractivity contribution in [3.05, 3.63) is 12.7 Å². The van der Waals surface area contributed by atoms with Gasteiger partial charge in [0, 0.05) is 13.0 Å². The highest BCUT2D eigenvalue weighted by atomic mass is 16.6. The molecule has 0 aromatic carbocycles. The molecular weight excluding hydrogens is 332 g/mol. The second kappa shape index (κ2) is 7.27. The van der Waals surface area contributed by atoms with Gasteiger partial charge in [0.25, 0.3) is 0 Å². The molecule has 2 fully saturated rings. The second-order valence-corrected chi connectivity index (χ2v) is 5.77. The molecule has 2 aromatic heterocycles. The van der Waals surface area contributed by atoms with Gasteiger partial charge in [-0.3, -0.25) is 9.36 Å². The predicted octanol–water partition coefficient (Wildman–Crippen LogP) is -2.08. The number of hydrogen-bond donors (Lipinski definition) is 5. The van der Waals surface area contributed by atoms with Gasteiger partial charge in [-0.25, -0.2) is 15.0 Å². The largest absolute Gasteiger partial charge is 0.394 e. The Morgan fingerprint density at radius 3 is 2.68 bits per heavy atom. The number of aliphatic hydroxyl groups excluding tert-OH is 3. The van der Waals surface area contributed by atoms with E-state index in [1.807, 2.05) is 0 Å². The number of hydrogen-bond acceptors (Lipinski definition) is 9. The molecule has 0 radical (unpaired) electrons. The van der Waals surface area contributed by atoms with Crippen LogP contribution in [0.15, 0.2) is 12.7 Å². The number of amides is 1. The first-order valence-electron chi connectivity index (χ1n) is 7.85. The van der Waals surface area contributed by atoms with Crippen LogP contribution in [0.5, 0.6) is 0 Å². The fourth-order valence-corrected chi connectivity index (χ4v) is 2.73. The van der Waals surface area contributed by atoms with Gasteiger partial charge in [0.05, 0.1) is 12.9 Å². The summed E-state index contributed by atoms with van der Waals surface area (Å²) in [5.74, 6) is 0.422. The minimum absolute atomic E-state index is 0.204. The lowest BCUT2D eigenvalue weighted by molar-refractivity contribution is -0.119. The van der Waals surface area contributed by atoms with E-state index in [4.69, 9.17) is 15.6 Å². The summed E-state index contributed by atoms with van der Waals surface area (Å²) < 4.78 is 6.85. The molecular formula is C14H20N6O5. The summed E-state index contributed by atoms with van der Waals surface area (Å²) in [6, 6.07) is 0. The van der Waals surface area contributed by atoms with Crippen LogP contribution in [0.2, 0.25) is 0 Å². The van der Waals surface area contributed by atoms with Crippen molar-refractivity contribution in [1.82, 2.24) is 24.8 Å². The normalized spacial score (nSPS) is 28.7. The number of carbonyl (C=O) groups excluding carboxylic acids is 1. The van der Waals surface area contributed by atoms with Crippen molar-refractivity contribution in [2.45, 2.75) is 37.4 Å². The average Bonchev–Trinajstić information content (AvgIpc) is 3.31. The van der Waals surface area contributed by atoms with Gasteiger partial charge in [0.15, 0.2) is 17.7 Å². The Kier molecular flexibility index (Phi) is 5.08. The quantitative estimate of drug-likeness (QED) is 0.407.